The summed E-state index contributed by atoms with van der Waals surface area (Å²) < 4.78 is 15.5. The molecule has 1 aromatic carbocycles. The summed E-state index contributed by atoms with van der Waals surface area (Å²) in [5.74, 6) is -0.511. The maximum absolute atomic E-state index is 14.0. The molecule has 0 saturated carbocycles. The number of carbonyl (C=O) groups is 3. The second-order valence-corrected chi connectivity index (χ2v) is 7.45. The Morgan fingerprint density at radius 3 is 2.79 bits per heavy atom. The van der Waals surface area contributed by atoms with Gasteiger partial charge in [0.2, 0.25) is 11.8 Å². The molecular weight excluding hydrogens is 362 g/mol. The number of aromatic nitrogens is 2. The second kappa shape index (κ2) is 7.37. The molecule has 1 aromatic heterocycles. The number of carbonyl (C=O) groups excluding carboxylic acids is 3. The lowest BCUT2D eigenvalue weighted by molar-refractivity contribution is -0.139. The summed E-state index contributed by atoms with van der Waals surface area (Å²) in [5, 5.41) is 7.75. The Hall–Kier alpha value is -2.71. The molecule has 0 aliphatic carbocycles. The number of Topliss-reactive ketones (excluding diaryl/α,β-unsaturated/α-hetero) is 1. The van der Waals surface area contributed by atoms with E-state index in [2.05, 4.69) is 17.7 Å². The molecule has 2 fully saturated rings. The minimum absolute atomic E-state index is 0.00447. The quantitative estimate of drug-likeness (QED) is 0.601. The van der Waals surface area contributed by atoms with E-state index in [9.17, 15) is 18.8 Å². The summed E-state index contributed by atoms with van der Waals surface area (Å²) in [6, 6.07) is 6.34. The van der Waals surface area contributed by atoms with E-state index in [1.807, 2.05) is 0 Å². The first-order chi connectivity index (χ1) is 13.4. The number of para-hydroxylation sites is 1. The van der Waals surface area contributed by atoms with E-state index in [-0.39, 0.29) is 37.1 Å². The molecule has 1 N–H and O–H groups in total. The molecule has 2 aliphatic rings. The van der Waals surface area contributed by atoms with Crippen molar-refractivity contribution in [3.8, 4) is 0 Å². The topological polar surface area (TPSA) is 84.3 Å². The van der Waals surface area contributed by atoms with Gasteiger partial charge in [-0.2, -0.15) is 5.10 Å². The molecule has 2 aliphatic heterocycles. The van der Waals surface area contributed by atoms with Crippen LogP contribution >= 0.6 is 0 Å². The Bertz CT molecular complexity index is 942. The molecule has 2 amide bonds. The van der Waals surface area contributed by atoms with Crippen molar-refractivity contribution < 1.29 is 18.8 Å². The van der Waals surface area contributed by atoms with Gasteiger partial charge in [0.15, 0.2) is 5.78 Å². The van der Waals surface area contributed by atoms with Crippen molar-refractivity contribution in [1.82, 2.24) is 20.0 Å². The third-order valence-electron chi connectivity index (χ3n) is 5.26. The highest BCUT2D eigenvalue weighted by Crippen LogP contribution is 2.27. The number of amides is 2. The van der Waals surface area contributed by atoms with Crippen molar-refractivity contribution in [2.45, 2.75) is 44.2 Å². The summed E-state index contributed by atoms with van der Waals surface area (Å²) >= 11 is 0. The van der Waals surface area contributed by atoms with Crippen LogP contribution in [0.5, 0.6) is 0 Å². The lowest BCUT2D eigenvalue weighted by atomic mass is 10.0. The molecule has 1 radical (unpaired) electrons. The molecule has 9 heteroatoms. The highest BCUT2D eigenvalue weighted by Gasteiger charge is 2.40. The van der Waals surface area contributed by atoms with Crippen LogP contribution in [0.25, 0.3) is 10.9 Å². The number of hydrogen-bond acceptors (Lipinski definition) is 4. The molecule has 2 aromatic rings. The van der Waals surface area contributed by atoms with Gasteiger partial charge in [-0.25, -0.2) is 4.39 Å². The molecule has 28 heavy (non-hydrogen) atoms. The van der Waals surface area contributed by atoms with Gasteiger partial charge in [0.05, 0.1) is 12.1 Å². The minimum atomic E-state index is -1.23. The third-order valence-corrected chi connectivity index (χ3v) is 5.26. The van der Waals surface area contributed by atoms with E-state index < -0.39 is 12.2 Å². The van der Waals surface area contributed by atoms with Crippen molar-refractivity contribution in [3.05, 3.63) is 30.0 Å². The summed E-state index contributed by atoms with van der Waals surface area (Å²) in [6.45, 7) is 1.69. The van der Waals surface area contributed by atoms with E-state index in [0.717, 1.165) is 6.32 Å². The normalized spacial score (nSPS) is 23.5. The van der Waals surface area contributed by atoms with Crippen LogP contribution < -0.4 is 5.32 Å². The van der Waals surface area contributed by atoms with Crippen LogP contribution in [-0.2, 0) is 16.1 Å². The van der Waals surface area contributed by atoms with E-state index in [0.29, 0.717) is 29.0 Å². The third kappa shape index (κ3) is 3.65. The van der Waals surface area contributed by atoms with E-state index in [4.69, 9.17) is 0 Å². The maximum Gasteiger partial charge on any atom is 0.245 e. The first-order valence-corrected chi connectivity index (χ1v) is 9.45. The molecule has 1 unspecified atom stereocenters. The number of ketones is 1. The number of alkyl halides is 1. The largest absolute Gasteiger partial charge is 0.355 e. The molecule has 0 bridgehead atoms. The Kier molecular flexibility index (Phi) is 4.91. The molecule has 7 nitrogen and oxygen atoms in total. The summed E-state index contributed by atoms with van der Waals surface area (Å²) in [7, 11) is 2.09. The highest BCUT2D eigenvalue weighted by molar-refractivity contribution is 6.51. The predicted octanol–water partition coefficient (Wildman–Crippen LogP) is 1.22. The number of nitrogens with one attached hydrogen (secondary N) is 1. The molecule has 3 heterocycles. The second-order valence-electron chi connectivity index (χ2n) is 7.45. The van der Waals surface area contributed by atoms with Crippen molar-refractivity contribution in [1.29, 1.82) is 0 Å². The molecule has 2 saturated heterocycles. The number of halogens is 1. The monoisotopic (exact) mass is 383 g/mol. The Morgan fingerprint density at radius 1 is 1.32 bits per heavy atom. The van der Waals surface area contributed by atoms with Crippen molar-refractivity contribution in [2.75, 3.05) is 13.1 Å². The standard InChI is InChI=1S/C19H21BFN4O3/c1-11(26)18-14-4-2-3-5-15(14)25(23-18)10-17(27)24-9-13(21)6-16(24)19(28)22-8-12-7-20-12/h2-5,12-13,16H,6-10H2,1H3,(H,22,28)/t12?,13-,16+/m1/s1. The fraction of sp³-hybridized carbons (Fsp3) is 0.474. The zero-order valence-corrected chi connectivity index (χ0v) is 15.6. The van der Waals surface area contributed by atoms with Gasteiger partial charge < -0.3 is 10.2 Å². The van der Waals surface area contributed by atoms with Crippen LogP contribution in [0, 0.1) is 0 Å². The molecule has 0 spiro atoms. The van der Waals surface area contributed by atoms with Gasteiger partial charge in [-0.1, -0.05) is 30.3 Å². The number of hydrogen-bond donors (Lipinski definition) is 1. The SMILES string of the molecule is CC(=O)c1nn(CC(=O)N2C[C@H](F)C[C@H]2C(=O)NCC2[B]C2)c2ccccc12. The van der Waals surface area contributed by atoms with Gasteiger partial charge in [0.1, 0.15) is 31.7 Å². The zero-order valence-electron chi connectivity index (χ0n) is 15.6. The highest BCUT2D eigenvalue weighted by atomic mass is 19.1. The van der Waals surface area contributed by atoms with Gasteiger partial charge >= 0.3 is 0 Å². The number of likely N-dealkylation sites (tertiary alicyclic amines) is 1. The zero-order chi connectivity index (χ0) is 19.8. The Balaban J connectivity index is 1.52. The number of rotatable bonds is 6. The lowest BCUT2D eigenvalue weighted by Gasteiger charge is -2.23. The lowest BCUT2D eigenvalue weighted by Crippen LogP contribution is -2.47. The van der Waals surface area contributed by atoms with Gasteiger partial charge in [-0.3, -0.25) is 19.1 Å². The van der Waals surface area contributed by atoms with Crippen LogP contribution in [0.15, 0.2) is 24.3 Å². The van der Waals surface area contributed by atoms with Crippen LogP contribution in [0.1, 0.15) is 23.8 Å². The van der Waals surface area contributed by atoms with Gasteiger partial charge in [-0.15, -0.1) is 0 Å². The summed E-state index contributed by atoms with van der Waals surface area (Å²) in [4.78, 5) is 38.5. The van der Waals surface area contributed by atoms with Gasteiger partial charge in [0, 0.05) is 25.3 Å². The van der Waals surface area contributed by atoms with Crippen molar-refractivity contribution in [3.63, 3.8) is 0 Å². The number of nitrogens with zero attached hydrogens (tertiary/aromatic N) is 3. The molecular formula is C19H21BFN4O3. The average molecular weight is 383 g/mol. The van der Waals surface area contributed by atoms with Gasteiger partial charge in [-0.05, 0) is 6.07 Å². The predicted molar refractivity (Wildman–Crippen MR) is 102 cm³/mol. The molecule has 145 valence electrons. The Labute approximate surface area is 162 Å². The van der Waals surface area contributed by atoms with E-state index in [1.54, 1.807) is 24.3 Å². The summed E-state index contributed by atoms with van der Waals surface area (Å²) in [5.41, 5.74) is 0.950. The van der Waals surface area contributed by atoms with E-state index in [1.165, 1.54) is 16.5 Å². The number of benzene rings is 1. The molecule has 4 rings (SSSR count). The van der Waals surface area contributed by atoms with Crippen LogP contribution in [-0.4, -0.2) is 64.9 Å². The molecule has 3 atom stereocenters. The average Bonchev–Trinajstić information content (AvgIpc) is 3.31. The van der Waals surface area contributed by atoms with E-state index >= 15 is 0 Å². The maximum atomic E-state index is 14.0. The fourth-order valence-electron chi connectivity index (χ4n) is 3.65. The Morgan fingerprint density at radius 2 is 2.07 bits per heavy atom. The summed E-state index contributed by atoms with van der Waals surface area (Å²) in [6.07, 6.45) is -0.247. The minimum Gasteiger partial charge on any atom is -0.355 e. The van der Waals surface area contributed by atoms with Crippen molar-refractivity contribution in [2.24, 2.45) is 0 Å². The van der Waals surface area contributed by atoms with Crippen LogP contribution in [0.2, 0.25) is 12.1 Å². The van der Waals surface area contributed by atoms with Crippen LogP contribution in [0.3, 0.4) is 0 Å². The first-order valence-electron chi connectivity index (χ1n) is 9.45. The smallest absolute Gasteiger partial charge is 0.245 e. The number of fused-ring (bicyclic) bond motifs is 1. The van der Waals surface area contributed by atoms with Crippen molar-refractivity contribution >= 4 is 35.8 Å². The van der Waals surface area contributed by atoms with Crippen LogP contribution in [0.4, 0.5) is 4.39 Å². The van der Waals surface area contributed by atoms with Gasteiger partial charge in [0.25, 0.3) is 0 Å². The first kappa shape index (κ1) is 18.6. The fourth-order valence-corrected chi connectivity index (χ4v) is 3.65.